The molecule has 2 heterocycles. The molecule has 0 unspecified atom stereocenters. The van der Waals surface area contributed by atoms with Gasteiger partial charge in [-0.3, -0.25) is 14.5 Å². The zero-order chi connectivity index (χ0) is 20.6. The van der Waals surface area contributed by atoms with Crippen LogP contribution in [0.3, 0.4) is 0 Å². The Balaban J connectivity index is 1.42. The van der Waals surface area contributed by atoms with E-state index in [0.29, 0.717) is 48.5 Å². The highest BCUT2D eigenvalue weighted by Crippen LogP contribution is 2.33. The van der Waals surface area contributed by atoms with E-state index in [2.05, 4.69) is 0 Å². The minimum atomic E-state index is -0.0415. The van der Waals surface area contributed by atoms with E-state index in [9.17, 15) is 9.59 Å². The predicted molar refractivity (Wildman–Crippen MR) is 119 cm³/mol. The lowest BCUT2D eigenvalue weighted by molar-refractivity contribution is -0.135. The molecule has 0 atom stereocenters. The average Bonchev–Trinajstić information content (AvgIpc) is 3.01. The summed E-state index contributed by atoms with van der Waals surface area (Å²) in [4.78, 5) is 29.0. The predicted octanol–water partition coefficient (Wildman–Crippen LogP) is 3.32. The van der Waals surface area contributed by atoms with Gasteiger partial charge in [0.15, 0.2) is 0 Å². The van der Waals surface area contributed by atoms with Gasteiger partial charge in [-0.2, -0.15) is 0 Å². The number of hydrogen-bond donors (Lipinski definition) is 0. The number of unbranched alkanes of at least 4 members (excludes halogenated alkanes) is 2. The normalized spacial score (nSPS) is 18.6. The Bertz CT molecular complexity index is 773. The van der Waals surface area contributed by atoms with Crippen LogP contribution in [0.1, 0.15) is 31.2 Å². The standard InChI is InChI=1S/C21H26N2O4S2/c1-26-17-8-6-16(7-9-17)15-18-20(25)23(21(28)29-18)10-4-2-3-5-19(24)22-11-13-27-14-12-22/h6-9,15H,2-5,10-14H2,1H3/b18-15+. The van der Waals surface area contributed by atoms with Gasteiger partial charge in [0.25, 0.3) is 5.91 Å². The molecule has 2 amide bonds. The first-order chi connectivity index (χ1) is 14.1. The van der Waals surface area contributed by atoms with Crippen molar-refractivity contribution in [2.24, 2.45) is 0 Å². The van der Waals surface area contributed by atoms with Crippen LogP contribution in [0.2, 0.25) is 0 Å². The van der Waals surface area contributed by atoms with Crippen molar-refractivity contribution in [2.45, 2.75) is 25.7 Å². The molecule has 0 saturated carbocycles. The molecule has 156 valence electrons. The molecule has 6 nitrogen and oxygen atoms in total. The summed E-state index contributed by atoms with van der Waals surface area (Å²) >= 11 is 6.73. The van der Waals surface area contributed by atoms with Gasteiger partial charge in [0, 0.05) is 26.1 Å². The number of hydrogen-bond acceptors (Lipinski definition) is 6. The third-order valence-electron chi connectivity index (χ3n) is 4.92. The van der Waals surface area contributed by atoms with Gasteiger partial charge in [-0.1, -0.05) is 42.5 Å². The Kier molecular flexibility index (Phi) is 8.09. The van der Waals surface area contributed by atoms with Gasteiger partial charge in [-0.25, -0.2) is 0 Å². The average molecular weight is 435 g/mol. The van der Waals surface area contributed by atoms with Crippen molar-refractivity contribution < 1.29 is 19.1 Å². The lowest BCUT2D eigenvalue weighted by Gasteiger charge is -2.26. The Hall–Kier alpha value is -1.90. The van der Waals surface area contributed by atoms with E-state index >= 15 is 0 Å². The zero-order valence-electron chi connectivity index (χ0n) is 16.6. The van der Waals surface area contributed by atoms with Crippen molar-refractivity contribution in [1.29, 1.82) is 0 Å². The quantitative estimate of drug-likeness (QED) is 0.355. The van der Waals surface area contributed by atoms with Gasteiger partial charge in [-0.15, -0.1) is 0 Å². The molecule has 0 bridgehead atoms. The summed E-state index contributed by atoms with van der Waals surface area (Å²) in [5.74, 6) is 0.934. The van der Waals surface area contributed by atoms with Crippen molar-refractivity contribution >= 4 is 46.2 Å². The summed E-state index contributed by atoms with van der Waals surface area (Å²) in [5.41, 5.74) is 0.938. The molecule has 0 N–H and O–H groups in total. The number of rotatable bonds is 8. The minimum absolute atomic E-state index is 0.0415. The van der Waals surface area contributed by atoms with E-state index in [1.165, 1.54) is 11.8 Å². The summed E-state index contributed by atoms with van der Waals surface area (Å²) in [6.45, 7) is 3.23. The molecule has 0 radical (unpaired) electrons. The van der Waals surface area contributed by atoms with Crippen molar-refractivity contribution in [1.82, 2.24) is 9.80 Å². The van der Waals surface area contributed by atoms with E-state index in [1.54, 1.807) is 12.0 Å². The molecule has 8 heteroatoms. The Morgan fingerprint density at radius 1 is 1.21 bits per heavy atom. The first-order valence-corrected chi connectivity index (χ1v) is 11.1. The van der Waals surface area contributed by atoms with Crippen molar-refractivity contribution in [3.63, 3.8) is 0 Å². The molecule has 0 aromatic heterocycles. The molecular formula is C21H26N2O4S2. The van der Waals surface area contributed by atoms with Crippen LogP contribution in [0, 0.1) is 0 Å². The van der Waals surface area contributed by atoms with Crippen LogP contribution < -0.4 is 4.74 Å². The van der Waals surface area contributed by atoms with E-state index in [0.717, 1.165) is 30.6 Å². The van der Waals surface area contributed by atoms with E-state index in [-0.39, 0.29) is 11.8 Å². The summed E-state index contributed by atoms with van der Waals surface area (Å²) in [6.07, 6.45) is 4.96. The molecular weight excluding hydrogens is 408 g/mol. The van der Waals surface area contributed by atoms with Gasteiger partial charge >= 0.3 is 0 Å². The second kappa shape index (κ2) is 10.8. The van der Waals surface area contributed by atoms with Crippen LogP contribution in [-0.4, -0.2) is 65.9 Å². The van der Waals surface area contributed by atoms with Gasteiger partial charge in [0.1, 0.15) is 10.1 Å². The number of carbonyl (C=O) groups excluding carboxylic acids is 2. The number of morpholine rings is 1. The van der Waals surface area contributed by atoms with Gasteiger partial charge < -0.3 is 14.4 Å². The van der Waals surface area contributed by atoms with E-state index < -0.39 is 0 Å². The fourth-order valence-electron chi connectivity index (χ4n) is 3.24. The molecule has 1 aromatic rings. The molecule has 2 aliphatic rings. The molecule has 29 heavy (non-hydrogen) atoms. The summed E-state index contributed by atoms with van der Waals surface area (Å²) in [7, 11) is 1.62. The van der Waals surface area contributed by atoms with E-state index in [1.807, 2.05) is 35.2 Å². The SMILES string of the molecule is COc1ccc(/C=C2/SC(=S)N(CCCCCC(=O)N3CCOCC3)C2=O)cc1. The Labute approximate surface area is 181 Å². The monoisotopic (exact) mass is 434 g/mol. The largest absolute Gasteiger partial charge is 0.497 e. The fraction of sp³-hybridized carbons (Fsp3) is 0.476. The van der Waals surface area contributed by atoms with Crippen LogP contribution in [0.4, 0.5) is 0 Å². The maximum Gasteiger partial charge on any atom is 0.266 e. The molecule has 0 aliphatic carbocycles. The van der Waals surface area contributed by atoms with Crippen molar-refractivity contribution in [3.8, 4) is 5.75 Å². The first kappa shape index (κ1) is 21.8. The molecule has 0 spiro atoms. The molecule has 1 aromatic carbocycles. The third-order valence-corrected chi connectivity index (χ3v) is 6.30. The number of thiocarbonyl (C=S) groups is 1. The molecule has 3 rings (SSSR count). The van der Waals surface area contributed by atoms with E-state index in [4.69, 9.17) is 21.7 Å². The summed E-state index contributed by atoms with van der Waals surface area (Å²) in [5, 5.41) is 0. The smallest absolute Gasteiger partial charge is 0.266 e. The second-order valence-electron chi connectivity index (χ2n) is 6.91. The minimum Gasteiger partial charge on any atom is -0.497 e. The molecule has 2 fully saturated rings. The number of carbonyl (C=O) groups is 2. The van der Waals surface area contributed by atoms with Crippen LogP contribution in [0.25, 0.3) is 6.08 Å². The van der Waals surface area contributed by atoms with Crippen LogP contribution >= 0.6 is 24.0 Å². The van der Waals surface area contributed by atoms with Crippen LogP contribution in [0.15, 0.2) is 29.2 Å². The van der Waals surface area contributed by atoms with Gasteiger partial charge in [-0.05, 0) is 36.6 Å². The zero-order valence-corrected chi connectivity index (χ0v) is 18.2. The number of benzene rings is 1. The number of amides is 2. The van der Waals surface area contributed by atoms with Gasteiger partial charge in [0.2, 0.25) is 5.91 Å². The summed E-state index contributed by atoms with van der Waals surface area (Å²) < 4.78 is 11.0. The highest BCUT2D eigenvalue weighted by molar-refractivity contribution is 8.26. The van der Waals surface area contributed by atoms with Crippen LogP contribution in [-0.2, 0) is 14.3 Å². The topological polar surface area (TPSA) is 59.1 Å². The summed E-state index contributed by atoms with van der Waals surface area (Å²) in [6, 6.07) is 7.56. The van der Waals surface area contributed by atoms with Crippen molar-refractivity contribution in [3.05, 3.63) is 34.7 Å². The lowest BCUT2D eigenvalue weighted by atomic mass is 10.1. The number of ether oxygens (including phenoxy) is 2. The highest BCUT2D eigenvalue weighted by Gasteiger charge is 2.31. The Morgan fingerprint density at radius 3 is 2.62 bits per heavy atom. The van der Waals surface area contributed by atoms with Crippen LogP contribution in [0.5, 0.6) is 5.75 Å². The fourth-order valence-corrected chi connectivity index (χ4v) is 4.55. The van der Waals surface area contributed by atoms with Gasteiger partial charge in [0.05, 0.1) is 25.2 Å². The number of nitrogens with zero attached hydrogens (tertiary/aromatic N) is 2. The maximum atomic E-state index is 12.7. The Morgan fingerprint density at radius 2 is 1.93 bits per heavy atom. The number of thioether (sulfide) groups is 1. The highest BCUT2D eigenvalue weighted by atomic mass is 32.2. The lowest BCUT2D eigenvalue weighted by Crippen LogP contribution is -2.40. The third kappa shape index (κ3) is 6.04. The molecule has 2 saturated heterocycles. The number of methoxy groups -OCH3 is 1. The second-order valence-corrected chi connectivity index (χ2v) is 8.59. The first-order valence-electron chi connectivity index (χ1n) is 9.83. The van der Waals surface area contributed by atoms with Crippen molar-refractivity contribution in [2.75, 3.05) is 40.0 Å². The maximum absolute atomic E-state index is 12.7. The molecule has 2 aliphatic heterocycles.